The van der Waals surface area contributed by atoms with Crippen molar-refractivity contribution in [3.8, 4) is 5.69 Å². The predicted molar refractivity (Wildman–Crippen MR) is 136 cm³/mol. The topological polar surface area (TPSA) is 132 Å². The minimum Gasteiger partial charge on any atom is -0.379 e. The molecule has 10 nitrogen and oxygen atoms in total. The SMILES string of the molecule is CC(CN1CCOCC1)NC(=O)c1c(C(N)=O)ncn1-c1ccc(NC(=O)c2ccccc2Cl)cc1. The molecule has 3 amide bonds. The Bertz CT molecular complexity index is 1250. The van der Waals surface area contributed by atoms with E-state index in [1.165, 1.54) is 10.9 Å². The zero-order valence-electron chi connectivity index (χ0n) is 19.7. The molecule has 1 aliphatic heterocycles. The largest absolute Gasteiger partial charge is 0.379 e. The van der Waals surface area contributed by atoms with Crippen molar-refractivity contribution in [2.24, 2.45) is 5.73 Å². The van der Waals surface area contributed by atoms with E-state index in [2.05, 4.69) is 20.5 Å². The van der Waals surface area contributed by atoms with Gasteiger partial charge in [0.2, 0.25) is 0 Å². The summed E-state index contributed by atoms with van der Waals surface area (Å²) in [5.74, 6) is -1.61. The van der Waals surface area contributed by atoms with Crippen LogP contribution in [0.5, 0.6) is 0 Å². The van der Waals surface area contributed by atoms with Gasteiger partial charge in [-0.15, -0.1) is 0 Å². The van der Waals surface area contributed by atoms with Gasteiger partial charge >= 0.3 is 0 Å². The smallest absolute Gasteiger partial charge is 0.271 e. The number of nitrogens with two attached hydrogens (primary N) is 1. The van der Waals surface area contributed by atoms with E-state index in [0.29, 0.717) is 41.7 Å². The lowest BCUT2D eigenvalue weighted by atomic mass is 10.2. The van der Waals surface area contributed by atoms with Crippen LogP contribution in [0, 0.1) is 0 Å². The average molecular weight is 511 g/mol. The number of nitrogens with zero attached hydrogens (tertiary/aromatic N) is 3. The van der Waals surface area contributed by atoms with Crippen molar-refractivity contribution in [3.05, 3.63) is 76.8 Å². The van der Waals surface area contributed by atoms with E-state index in [0.717, 1.165) is 13.1 Å². The number of primary amides is 1. The van der Waals surface area contributed by atoms with Crippen molar-refractivity contribution in [3.63, 3.8) is 0 Å². The summed E-state index contributed by atoms with van der Waals surface area (Å²) in [6, 6.07) is 13.3. The highest BCUT2D eigenvalue weighted by atomic mass is 35.5. The van der Waals surface area contributed by atoms with Crippen LogP contribution in [0.1, 0.15) is 38.3 Å². The number of hydrogen-bond donors (Lipinski definition) is 3. The maximum atomic E-state index is 13.2. The summed E-state index contributed by atoms with van der Waals surface area (Å²) in [6.45, 7) is 5.46. The maximum Gasteiger partial charge on any atom is 0.271 e. The van der Waals surface area contributed by atoms with Crippen molar-refractivity contribution < 1.29 is 19.1 Å². The summed E-state index contributed by atoms with van der Waals surface area (Å²) in [6.07, 6.45) is 1.37. The predicted octanol–water partition coefficient (Wildman–Crippen LogP) is 2.33. The number of aromatic nitrogens is 2. The van der Waals surface area contributed by atoms with Gasteiger partial charge in [0, 0.05) is 37.1 Å². The second kappa shape index (κ2) is 11.3. The molecule has 3 aromatic rings. The van der Waals surface area contributed by atoms with E-state index in [1.807, 2.05) is 6.92 Å². The Morgan fingerprint density at radius 3 is 2.44 bits per heavy atom. The number of morpholine rings is 1. The van der Waals surface area contributed by atoms with Crippen LogP contribution >= 0.6 is 11.6 Å². The first-order valence-electron chi connectivity index (χ1n) is 11.5. The number of ether oxygens (including phenoxy) is 1. The Labute approximate surface area is 213 Å². The summed E-state index contributed by atoms with van der Waals surface area (Å²) in [7, 11) is 0. The Morgan fingerprint density at radius 2 is 1.78 bits per heavy atom. The molecule has 0 aliphatic carbocycles. The van der Waals surface area contributed by atoms with Gasteiger partial charge < -0.3 is 21.1 Å². The standard InChI is InChI=1S/C25H27ClN6O4/c1-16(14-31-10-12-36-13-11-31)29-25(35)22-21(23(27)33)28-15-32(22)18-8-6-17(7-9-18)30-24(34)19-4-2-3-5-20(19)26/h2-9,15-16H,10-14H2,1H3,(H2,27,33)(H,29,35)(H,30,34). The van der Waals surface area contributed by atoms with E-state index >= 15 is 0 Å². The Morgan fingerprint density at radius 1 is 1.08 bits per heavy atom. The summed E-state index contributed by atoms with van der Waals surface area (Å²) < 4.78 is 6.86. The number of amides is 3. The van der Waals surface area contributed by atoms with E-state index < -0.39 is 11.8 Å². The van der Waals surface area contributed by atoms with Crippen molar-refractivity contribution in [1.29, 1.82) is 0 Å². The number of carbonyl (C=O) groups is 3. The summed E-state index contributed by atoms with van der Waals surface area (Å²) in [4.78, 5) is 44.0. The normalized spacial score (nSPS) is 14.7. The van der Waals surface area contributed by atoms with Gasteiger partial charge in [-0.1, -0.05) is 23.7 Å². The van der Waals surface area contributed by atoms with Gasteiger partial charge in [0.15, 0.2) is 5.69 Å². The molecule has 1 fully saturated rings. The van der Waals surface area contributed by atoms with Gasteiger partial charge in [-0.25, -0.2) is 4.98 Å². The van der Waals surface area contributed by atoms with Crippen LogP contribution in [-0.4, -0.2) is 71.1 Å². The number of halogens is 1. The fourth-order valence-electron chi connectivity index (χ4n) is 4.00. The number of nitrogens with one attached hydrogen (secondary N) is 2. The van der Waals surface area contributed by atoms with Crippen LogP contribution in [0.3, 0.4) is 0 Å². The minimum absolute atomic E-state index is 0.0455. The molecule has 1 saturated heterocycles. The molecule has 0 bridgehead atoms. The van der Waals surface area contributed by atoms with Crippen molar-refractivity contribution >= 4 is 35.0 Å². The molecule has 1 unspecified atom stereocenters. The lowest BCUT2D eigenvalue weighted by Gasteiger charge is -2.29. The first-order valence-corrected chi connectivity index (χ1v) is 11.9. The Balaban J connectivity index is 1.51. The van der Waals surface area contributed by atoms with Gasteiger partial charge in [0.05, 0.1) is 23.8 Å². The Hall–Kier alpha value is -3.73. The van der Waals surface area contributed by atoms with E-state index in [-0.39, 0.29) is 23.3 Å². The average Bonchev–Trinajstić information content (AvgIpc) is 3.31. The van der Waals surface area contributed by atoms with Crippen LogP contribution in [0.15, 0.2) is 54.9 Å². The van der Waals surface area contributed by atoms with E-state index in [4.69, 9.17) is 22.1 Å². The van der Waals surface area contributed by atoms with Crippen LogP contribution in [0.25, 0.3) is 5.69 Å². The molecule has 1 aliphatic rings. The van der Waals surface area contributed by atoms with Gasteiger partial charge in [-0.2, -0.15) is 0 Å². The molecular formula is C25H27ClN6O4. The Kier molecular flexibility index (Phi) is 7.99. The lowest BCUT2D eigenvalue weighted by molar-refractivity contribution is 0.0342. The minimum atomic E-state index is -0.802. The fraction of sp³-hybridized carbons (Fsp3) is 0.280. The number of rotatable bonds is 8. The quantitative estimate of drug-likeness (QED) is 0.426. The highest BCUT2D eigenvalue weighted by molar-refractivity contribution is 6.34. The zero-order chi connectivity index (χ0) is 25.7. The van der Waals surface area contributed by atoms with Crippen LogP contribution in [-0.2, 0) is 4.74 Å². The van der Waals surface area contributed by atoms with Crippen LogP contribution < -0.4 is 16.4 Å². The molecular weight excluding hydrogens is 484 g/mol. The molecule has 4 rings (SSSR count). The van der Waals surface area contributed by atoms with E-state index in [1.54, 1.807) is 48.5 Å². The van der Waals surface area contributed by atoms with Crippen molar-refractivity contribution in [1.82, 2.24) is 19.8 Å². The maximum absolute atomic E-state index is 13.2. The number of anilines is 1. The molecule has 11 heteroatoms. The molecule has 1 aromatic heterocycles. The zero-order valence-corrected chi connectivity index (χ0v) is 20.5. The monoisotopic (exact) mass is 510 g/mol. The van der Waals surface area contributed by atoms with Gasteiger partial charge in [0.25, 0.3) is 17.7 Å². The molecule has 2 aromatic carbocycles. The van der Waals surface area contributed by atoms with Crippen LogP contribution in [0.2, 0.25) is 5.02 Å². The summed E-state index contributed by atoms with van der Waals surface area (Å²) >= 11 is 6.10. The lowest BCUT2D eigenvalue weighted by Crippen LogP contribution is -2.46. The molecule has 2 heterocycles. The van der Waals surface area contributed by atoms with Gasteiger partial charge in [-0.3, -0.25) is 23.9 Å². The molecule has 4 N–H and O–H groups in total. The number of imidazole rings is 1. The van der Waals surface area contributed by atoms with Gasteiger partial charge in [-0.05, 0) is 43.3 Å². The third-order valence-electron chi connectivity index (χ3n) is 5.75. The fourth-order valence-corrected chi connectivity index (χ4v) is 4.22. The second-order valence-corrected chi connectivity index (χ2v) is 8.85. The number of benzene rings is 2. The molecule has 0 spiro atoms. The molecule has 0 radical (unpaired) electrons. The third kappa shape index (κ3) is 5.91. The van der Waals surface area contributed by atoms with Gasteiger partial charge in [0.1, 0.15) is 12.0 Å². The first-order chi connectivity index (χ1) is 17.3. The van der Waals surface area contributed by atoms with Crippen molar-refractivity contribution in [2.45, 2.75) is 13.0 Å². The summed E-state index contributed by atoms with van der Waals surface area (Å²) in [5, 5.41) is 6.07. The van der Waals surface area contributed by atoms with E-state index in [9.17, 15) is 14.4 Å². The first kappa shape index (κ1) is 25.4. The molecule has 188 valence electrons. The highest BCUT2D eigenvalue weighted by Gasteiger charge is 2.25. The van der Waals surface area contributed by atoms with Crippen molar-refractivity contribution in [2.75, 3.05) is 38.2 Å². The third-order valence-corrected chi connectivity index (χ3v) is 6.08. The molecule has 0 saturated carbocycles. The highest BCUT2D eigenvalue weighted by Crippen LogP contribution is 2.20. The van der Waals surface area contributed by atoms with Crippen LogP contribution in [0.4, 0.5) is 5.69 Å². The number of carbonyl (C=O) groups excluding carboxylic acids is 3. The second-order valence-electron chi connectivity index (χ2n) is 8.44. The number of hydrogen-bond acceptors (Lipinski definition) is 6. The molecule has 36 heavy (non-hydrogen) atoms. The molecule has 1 atom stereocenters. The summed E-state index contributed by atoms with van der Waals surface area (Å²) in [5.41, 5.74) is 6.87.